The molecule has 0 bridgehead atoms. The number of carboxylic acid groups (broad SMARTS) is 1. The van der Waals surface area contributed by atoms with Gasteiger partial charge in [-0.15, -0.1) is 0 Å². The normalized spacial score (nSPS) is 10.3. The molecule has 0 aliphatic heterocycles. The molecular weight excluding hydrogens is 234 g/mol. The molecule has 0 fully saturated rings. The van der Waals surface area contributed by atoms with E-state index in [1.54, 1.807) is 0 Å². The van der Waals surface area contributed by atoms with Crippen molar-refractivity contribution in [1.29, 1.82) is 0 Å². The molecule has 0 saturated heterocycles. The highest BCUT2D eigenvalue weighted by Crippen LogP contribution is 2.18. The minimum absolute atomic E-state index is 0.00181. The van der Waals surface area contributed by atoms with E-state index in [-0.39, 0.29) is 17.9 Å². The molecule has 0 amide bonds. The topological polar surface area (TPSA) is 99.7 Å². The zero-order valence-corrected chi connectivity index (χ0v) is 10.5. The van der Waals surface area contributed by atoms with Crippen molar-refractivity contribution in [2.24, 2.45) is 0 Å². The van der Waals surface area contributed by atoms with Crippen molar-refractivity contribution < 1.29 is 15.0 Å². The molecule has 1 rings (SSSR count). The summed E-state index contributed by atoms with van der Waals surface area (Å²) in [5.74, 6) is -0.542. The average Bonchev–Trinajstić information content (AvgIpc) is 2.35. The van der Waals surface area contributed by atoms with Crippen LogP contribution in [-0.4, -0.2) is 40.9 Å². The molecule has 0 radical (unpaired) electrons. The van der Waals surface area contributed by atoms with Crippen molar-refractivity contribution in [2.45, 2.75) is 19.8 Å². The van der Waals surface area contributed by atoms with Crippen LogP contribution in [0.4, 0.5) is 11.5 Å². The first kappa shape index (κ1) is 14.2. The molecule has 100 valence electrons. The fraction of sp³-hybridized carbons (Fsp3) is 0.500. The van der Waals surface area contributed by atoms with E-state index in [1.165, 1.54) is 12.3 Å². The van der Waals surface area contributed by atoms with Crippen molar-refractivity contribution in [2.75, 3.05) is 30.3 Å². The lowest BCUT2D eigenvalue weighted by Crippen LogP contribution is -2.28. The molecule has 1 heterocycles. The molecule has 0 aliphatic carbocycles. The maximum atomic E-state index is 11.0. The zero-order valence-electron chi connectivity index (χ0n) is 10.5. The summed E-state index contributed by atoms with van der Waals surface area (Å²) in [6.07, 6.45) is 3.31. The van der Waals surface area contributed by atoms with Gasteiger partial charge in [-0.3, -0.25) is 0 Å². The Labute approximate surface area is 106 Å². The lowest BCUT2D eigenvalue weighted by molar-refractivity contribution is 0.0698. The number of anilines is 2. The first-order chi connectivity index (χ1) is 8.60. The first-order valence-electron chi connectivity index (χ1n) is 5.94. The van der Waals surface area contributed by atoms with Gasteiger partial charge in [0.15, 0.2) is 0 Å². The number of hydrogen-bond acceptors (Lipinski definition) is 5. The fourth-order valence-corrected chi connectivity index (χ4v) is 1.62. The number of hydrogen-bond donors (Lipinski definition) is 3. The number of rotatable bonds is 7. The molecule has 0 spiro atoms. The summed E-state index contributed by atoms with van der Waals surface area (Å²) < 4.78 is 0. The van der Waals surface area contributed by atoms with Gasteiger partial charge in [-0.1, -0.05) is 13.3 Å². The molecule has 0 unspecified atom stereocenters. The number of pyridine rings is 1. The Kier molecular flexibility index (Phi) is 5.38. The molecule has 4 N–H and O–H groups in total. The number of aliphatic hydroxyl groups is 1. The molecule has 0 saturated carbocycles. The summed E-state index contributed by atoms with van der Waals surface area (Å²) in [6, 6.07) is 1.45. The van der Waals surface area contributed by atoms with E-state index in [1.807, 2.05) is 4.90 Å². The smallest absolute Gasteiger partial charge is 0.337 e. The van der Waals surface area contributed by atoms with Crippen LogP contribution in [0.2, 0.25) is 0 Å². The maximum Gasteiger partial charge on any atom is 0.337 e. The quantitative estimate of drug-likeness (QED) is 0.669. The largest absolute Gasteiger partial charge is 0.478 e. The van der Waals surface area contributed by atoms with Crippen LogP contribution in [0.3, 0.4) is 0 Å². The Hall–Kier alpha value is -1.82. The van der Waals surface area contributed by atoms with E-state index in [0.717, 1.165) is 19.4 Å². The highest BCUT2D eigenvalue weighted by molar-refractivity contribution is 5.94. The molecule has 0 atom stereocenters. The third-order valence-electron chi connectivity index (χ3n) is 2.63. The second kappa shape index (κ2) is 6.80. The number of aromatic nitrogens is 1. The van der Waals surface area contributed by atoms with Gasteiger partial charge in [-0.05, 0) is 12.5 Å². The molecule has 6 nitrogen and oxygen atoms in total. The molecule has 0 aromatic carbocycles. The van der Waals surface area contributed by atoms with Crippen molar-refractivity contribution >= 4 is 17.5 Å². The molecule has 0 aliphatic rings. The number of nitrogen functional groups attached to an aromatic ring is 1. The van der Waals surface area contributed by atoms with E-state index in [0.29, 0.717) is 12.4 Å². The summed E-state index contributed by atoms with van der Waals surface area (Å²) in [5.41, 5.74) is 5.74. The van der Waals surface area contributed by atoms with Crippen LogP contribution in [0.5, 0.6) is 0 Å². The van der Waals surface area contributed by atoms with Gasteiger partial charge in [0.05, 0.1) is 24.1 Å². The lowest BCUT2D eigenvalue weighted by Gasteiger charge is -2.23. The van der Waals surface area contributed by atoms with E-state index in [9.17, 15) is 4.79 Å². The third-order valence-corrected chi connectivity index (χ3v) is 2.63. The highest BCUT2D eigenvalue weighted by Gasteiger charge is 2.13. The Morgan fingerprint density at radius 3 is 2.78 bits per heavy atom. The Morgan fingerprint density at radius 2 is 2.22 bits per heavy atom. The number of aliphatic hydroxyl groups excluding tert-OH is 1. The van der Waals surface area contributed by atoms with Gasteiger partial charge in [0.1, 0.15) is 5.82 Å². The van der Waals surface area contributed by atoms with Gasteiger partial charge < -0.3 is 20.8 Å². The van der Waals surface area contributed by atoms with Crippen molar-refractivity contribution in [3.8, 4) is 0 Å². The summed E-state index contributed by atoms with van der Waals surface area (Å²) in [4.78, 5) is 17.0. The Balaban J connectivity index is 2.97. The van der Waals surface area contributed by atoms with Gasteiger partial charge in [0.2, 0.25) is 0 Å². The predicted molar refractivity (Wildman–Crippen MR) is 69.8 cm³/mol. The summed E-state index contributed by atoms with van der Waals surface area (Å²) in [6.45, 7) is 3.22. The fourth-order valence-electron chi connectivity index (χ4n) is 1.62. The summed E-state index contributed by atoms with van der Waals surface area (Å²) in [5, 5.41) is 18.0. The second-order valence-corrected chi connectivity index (χ2v) is 4.00. The number of aromatic carboxylic acids is 1. The van der Waals surface area contributed by atoms with Crippen LogP contribution in [0.25, 0.3) is 0 Å². The third kappa shape index (κ3) is 3.59. The van der Waals surface area contributed by atoms with Crippen LogP contribution >= 0.6 is 0 Å². The maximum absolute atomic E-state index is 11.0. The average molecular weight is 253 g/mol. The van der Waals surface area contributed by atoms with Crippen LogP contribution in [0.15, 0.2) is 12.3 Å². The van der Waals surface area contributed by atoms with Crippen molar-refractivity contribution in [1.82, 2.24) is 4.98 Å². The van der Waals surface area contributed by atoms with Gasteiger partial charge >= 0.3 is 5.97 Å². The molecular formula is C12H19N3O3. The second-order valence-electron chi connectivity index (χ2n) is 4.00. The van der Waals surface area contributed by atoms with E-state index >= 15 is 0 Å². The number of carbonyl (C=O) groups is 1. The lowest BCUT2D eigenvalue weighted by atomic mass is 10.2. The number of nitrogens with zero attached hydrogens (tertiary/aromatic N) is 2. The number of unbranched alkanes of at least 4 members (excludes halogenated alkanes) is 1. The van der Waals surface area contributed by atoms with Gasteiger partial charge in [0.25, 0.3) is 0 Å². The zero-order chi connectivity index (χ0) is 13.5. The molecule has 1 aromatic heterocycles. The van der Waals surface area contributed by atoms with E-state index < -0.39 is 5.97 Å². The minimum Gasteiger partial charge on any atom is -0.478 e. The van der Waals surface area contributed by atoms with Gasteiger partial charge in [-0.2, -0.15) is 0 Å². The van der Waals surface area contributed by atoms with Gasteiger partial charge in [0, 0.05) is 13.1 Å². The minimum atomic E-state index is -1.07. The number of nitrogens with two attached hydrogens (primary N) is 1. The molecule has 1 aromatic rings. The van der Waals surface area contributed by atoms with E-state index in [4.69, 9.17) is 15.9 Å². The standard InChI is InChI=1S/C12H19N3O3/c1-2-3-4-15(5-6-16)11-7-9(12(17)18)10(13)8-14-11/h7-8,16H,2-6,13H2,1H3,(H,17,18). The monoisotopic (exact) mass is 253 g/mol. The Morgan fingerprint density at radius 1 is 1.50 bits per heavy atom. The first-order valence-corrected chi connectivity index (χ1v) is 5.94. The predicted octanol–water partition coefficient (Wildman–Crippen LogP) is 0.961. The van der Waals surface area contributed by atoms with Crippen LogP contribution < -0.4 is 10.6 Å². The van der Waals surface area contributed by atoms with Gasteiger partial charge in [-0.25, -0.2) is 9.78 Å². The van der Waals surface area contributed by atoms with Crippen molar-refractivity contribution in [3.05, 3.63) is 17.8 Å². The summed E-state index contributed by atoms with van der Waals surface area (Å²) >= 11 is 0. The highest BCUT2D eigenvalue weighted by atomic mass is 16.4. The SMILES string of the molecule is CCCCN(CCO)c1cc(C(=O)O)c(N)cn1. The molecule has 6 heteroatoms. The van der Waals surface area contributed by atoms with Crippen LogP contribution in [0.1, 0.15) is 30.1 Å². The Bertz CT molecular complexity index is 410. The molecule has 18 heavy (non-hydrogen) atoms. The summed E-state index contributed by atoms with van der Waals surface area (Å²) in [7, 11) is 0. The number of carboxylic acids is 1. The van der Waals surface area contributed by atoms with Crippen LogP contribution in [-0.2, 0) is 0 Å². The van der Waals surface area contributed by atoms with E-state index in [2.05, 4.69) is 11.9 Å². The van der Waals surface area contributed by atoms with Crippen molar-refractivity contribution in [3.63, 3.8) is 0 Å². The van der Waals surface area contributed by atoms with Crippen LogP contribution in [0, 0.1) is 0 Å².